The number of benzene rings is 1. The van der Waals surface area contributed by atoms with Crippen LogP contribution in [0.2, 0.25) is 0 Å². The van der Waals surface area contributed by atoms with Crippen LogP contribution in [0.15, 0.2) is 18.2 Å². The van der Waals surface area contributed by atoms with Crippen LogP contribution in [-0.2, 0) is 6.42 Å². The first-order chi connectivity index (χ1) is 5.90. The zero-order valence-corrected chi connectivity index (χ0v) is 7.35. The minimum Gasteiger partial charge on any atom is -0.382 e. The number of nitrogens with one attached hydrogen (secondary N) is 2. The van der Waals surface area contributed by atoms with E-state index in [0.29, 0.717) is 0 Å². The third-order valence-corrected chi connectivity index (χ3v) is 2.25. The molecule has 0 saturated carbocycles. The summed E-state index contributed by atoms with van der Waals surface area (Å²) in [5, 5.41) is 6.73. The summed E-state index contributed by atoms with van der Waals surface area (Å²) >= 11 is 0. The minimum absolute atomic E-state index is 1.03. The fourth-order valence-corrected chi connectivity index (χ4v) is 1.51. The van der Waals surface area contributed by atoms with Crippen LogP contribution in [0, 0.1) is 0 Å². The van der Waals surface area contributed by atoms with Crippen LogP contribution in [0.1, 0.15) is 12.5 Å². The van der Waals surface area contributed by atoms with Gasteiger partial charge in [0.05, 0.1) is 11.4 Å². The van der Waals surface area contributed by atoms with Crippen LogP contribution in [0.4, 0.5) is 11.4 Å². The Labute approximate surface area is 73.0 Å². The van der Waals surface area contributed by atoms with Gasteiger partial charge in [-0.1, -0.05) is 13.0 Å². The van der Waals surface area contributed by atoms with Crippen molar-refractivity contribution in [2.75, 3.05) is 23.7 Å². The Morgan fingerprint density at radius 2 is 1.92 bits per heavy atom. The molecule has 2 heteroatoms. The molecule has 2 rings (SSSR count). The molecule has 0 bridgehead atoms. The molecule has 0 radical (unpaired) electrons. The Bertz CT molecular complexity index is 281. The summed E-state index contributed by atoms with van der Waals surface area (Å²) < 4.78 is 0. The van der Waals surface area contributed by atoms with Gasteiger partial charge in [0.25, 0.3) is 0 Å². The van der Waals surface area contributed by atoms with Gasteiger partial charge in [0.2, 0.25) is 0 Å². The second kappa shape index (κ2) is 3.05. The molecule has 1 heterocycles. The van der Waals surface area contributed by atoms with Gasteiger partial charge in [0.1, 0.15) is 0 Å². The molecule has 64 valence electrons. The topological polar surface area (TPSA) is 24.1 Å². The molecule has 1 aromatic rings. The van der Waals surface area contributed by atoms with Crippen molar-refractivity contribution < 1.29 is 0 Å². The van der Waals surface area contributed by atoms with Crippen molar-refractivity contribution in [2.24, 2.45) is 0 Å². The van der Waals surface area contributed by atoms with Crippen LogP contribution in [0.3, 0.4) is 0 Å². The Balaban J connectivity index is 2.36. The average molecular weight is 162 g/mol. The molecule has 1 aliphatic rings. The van der Waals surface area contributed by atoms with Crippen LogP contribution in [-0.4, -0.2) is 13.1 Å². The highest BCUT2D eigenvalue weighted by atomic mass is 15.0. The number of rotatable bonds is 1. The standard InChI is InChI=1S/C10H14N2/c1-2-8-3-4-9-10(7-8)12-6-5-11-9/h3-4,7,11-12H,2,5-6H2,1H3. The smallest absolute Gasteiger partial charge is 0.0579 e. The molecule has 2 N–H and O–H groups in total. The fraction of sp³-hybridized carbons (Fsp3) is 0.400. The molecule has 0 atom stereocenters. The second-order valence-electron chi connectivity index (χ2n) is 3.09. The second-order valence-corrected chi connectivity index (χ2v) is 3.09. The Morgan fingerprint density at radius 1 is 1.17 bits per heavy atom. The molecule has 1 aromatic carbocycles. The lowest BCUT2D eigenvalue weighted by molar-refractivity contribution is 1.04. The molecule has 0 saturated heterocycles. The largest absolute Gasteiger partial charge is 0.382 e. The van der Waals surface area contributed by atoms with Gasteiger partial charge in [-0.3, -0.25) is 0 Å². The maximum Gasteiger partial charge on any atom is 0.0579 e. The van der Waals surface area contributed by atoms with Gasteiger partial charge in [-0.05, 0) is 24.1 Å². The summed E-state index contributed by atoms with van der Waals surface area (Å²) in [6, 6.07) is 6.56. The fourth-order valence-electron chi connectivity index (χ4n) is 1.51. The highest BCUT2D eigenvalue weighted by molar-refractivity contribution is 5.71. The third-order valence-electron chi connectivity index (χ3n) is 2.25. The van der Waals surface area contributed by atoms with Gasteiger partial charge < -0.3 is 10.6 Å². The van der Waals surface area contributed by atoms with Crippen molar-refractivity contribution in [3.8, 4) is 0 Å². The lowest BCUT2D eigenvalue weighted by atomic mass is 10.1. The predicted octanol–water partition coefficient (Wildman–Crippen LogP) is 2.09. The lowest BCUT2D eigenvalue weighted by Gasteiger charge is -2.20. The molecule has 0 unspecified atom stereocenters. The number of hydrogen-bond acceptors (Lipinski definition) is 2. The van der Waals surface area contributed by atoms with Crippen LogP contribution >= 0.6 is 0 Å². The van der Waals surface area contributed by atoms with Gasteiger partial charge >= 0.3 is 0 Å². The summed E-state index contributed by atoms with van der Waals surface area (Å²) in [7, 11) is 0. The normalized spacial score (nSPS) is 14.4. The van der Waals surface area contributed by atoms with Crippen LogP contribution < -0.4 is 10.6 Å². The maximum absolute atomic E-state index is 3.37. The van der Waals surface area contributed by atoms with E-state index < -0.39 is 0 Å². The summed E-state index contributed by atoms with van der Waals surface area (Å²) in [5.74, 6) is 0. The SMILES string of the molecule is CCc1ccc2c(c1)NCCN2. The Morgan fingerprint density at radius 3 is 2.67 bits per heavy atom. The van der Waals surface area contributed by atoms with E-state index >= 15 is 0 Å². The molecule has 1 aliphatic heterocycles. The first kappa shape index (κ1) is 7.47. The molecule has 0 amide bonds. The minimum atomic E-state index is 1.03. The van der Waals surface area contributed by atoms with Crippen molar-refractivity contribution in [3.63, 3.8) is 0 Å². The number of aryl methyl sites for hydroxylation is 1. The third kappa shape index (κ3) is 1.24. The molecular formula is C10H14N2. The zero-order valence-electron chi connectivity index (χ0n) is 7.35. The first-order valence-corrected chi connectivity index (χ1v) is 4.51. The van der Waals surface area contributed by atoms with E-state index in [9.17, 15) is 0 Å². The Hall–Kier alpha value is -1.18. The van der Waals surface area contributed by atoms with E-state index in [0.717, 1.165) is 19.5 Å². The van der Waals surface area contributed by atoms with Gasteiger partial charge in [-0.15, -0.1) is 0 Å². The molecule has 0 spiro atoms. The van der Waals surface area contributed by atoms with E-state index in [1.165, 1.54) is 16.9 Å². The van der Waals surface area contributed by atoms with E-state index in [1.54, 1.807) is 0 Å². The monoisotopic (exact) mass is 162 g/mol. The van der Waals surface area contributed by atoms with Gasteiger partial charge in [-0.2, -0.15) is 0 Å². The number of hydrogen-bond donors (Lipinski definition) is 2. The Kier molecular flexibility index (Phi) is 1.90. The molecule has 2 nitrogen and oxygen atoms in total. The summed E-state index contributed by atoms with van der Waals surface area (Å²) in [5.41, 5.74) is 3.88. The number of anilines is 2. The van der Waals surface area contributed by atoms with Crippen molar-refractivity contribution in [1.82, 2.24) is 0 Å². The van der Waals surface area contributed by atoms with Crippen molar-refractivity contribution >= 4 is 11.4 Å². The van der Waals surface area contributed by atoms with Gasteiger partial charge in [0.15, 0.2) is 0 Å². The molecular weight excluding hydrogens is 148 g/mol. The van der Waals surface area contributed by atoms with Gasteiger partial charge in [-0.25, -0.2) is 0 Å². The van der Waals surface area contributed by atoms with E-state index in [4.69, 9.17) is 0 Å². The summed E-state index contributed by atoms with van der Waals surface area (Å²) in [6.07, 6.45) is 1.11. The van der Waals surface area contributed by atoms with Gasteiger partial charge in [0, 0.05) is 13.1 Å². The number of fused-ring (bicyclic) bond motifs is 1. The summed E-state index contributed by atoms with van der Waals surface area (Å²) in [4.78, 5) is 0. The highest BCUT2D eigenvalue weighted by Gasteiger charge is 2.06. The van der Waals surface area contributed by atoms with Crippen molar-refractivity contribution in [1.29, 1.82) is 0 Å². The molecule has 12 heavy (non-hydrogen) atoms. The molecule has 0 aromatic heterocycles. The quantitative estimate of drug-likeness (QED) is 0.660. The van der Waals surface area contributed by atoms with Crippen LogP contribution in [0.25, 0.3) is 0 Å². The van der Waals surface area contributed by atoms with Crippen LogP contribution in [0.5, 0.6) is 0 Å². The zero-order chi connectivity index (χ0) is 8.39. The lowest BCUT2D eigenvalue weighted by Crippen LogP contribution is -2.20. The van der Waals surface area contributed by atoms with Crippen molar-refractivity contribution in [3.05, 3.63) is 23.8 Å². The molecule has 0 aliphatic carbocycles. The van der Waals surface area contributed by atoms with E-state index in [2.05, 4.69) is 35.8 Å². The molecule has 0 fully saturated rings. The summed E-state index contributed by atoms with van der Waals surface area (Å²) in [6.45, 7) is 4.23. The van der Waals surface area contributed by atoms with E-state index in [1.807, 2.05) is 0 Å². The maximum atomic E-state index is 3.37. The average Bonchev–Trinajstić information content (AvgIpc) is 2.17. The van der Waals surface area contributed by atoms with E-state index in [-0.39, 0.29) is 0 Å². The highest BCUT2D eigenvalue weighted by Crippen LogP contribution is 2.25. The predicted molar refractivity (Wildman–Crippen MR) is 52.8 cm³/mol. The van der Waals surface area contributed by atoms with Crippen molar-refractivity contribution in [2.45, 2.75) is 13.3 Å². The first-order valence-electron chi connectivity index (χ1n) is 4.51.